The zero-order chi connectivity index (χ0) is 6.53. The number of hydrogen-bond acceptors (Lipinski definition) is 1. The van der Waals surface area contributed by atoms with Gasteiger partial charge in [-0.15, -0.1) is 0 Å². The quantitative estimate of drug-likeness (QED) is 0.451. The summed E-state index contributed by atoms with van der Waals surface area (Å²) in [5.41, 5.74) is 0. The van der Waals surface area contributed by atoms with Crippen molar-refractivity contribution in [3.8, 4) is 0 Å². The van der Waals surface area contributed by atoms with Crippen LogP contribution in [0.15, 0.2) is 22.0 Å². The van der Waals surface area contributed by atoms with E-state index in [2.05, 4.69) is 25.2 Å². The third kappa shape index (κ3) is 2.79. The molecule has 0 amide bonds. The standard InChI is InChI=1S/C6H7I2O/c1-7-9-6-2-4-8-5-3-6/h2-5H,1H3/q-1. The molecule has 3 heteroatoms. The van der Waals surface area contributed by atoms with E-state index < -0.39 is 0 Å². The van der Waals surface area contributed by atoms with Crippen molar-refractivity contribution in [3.63, 3.8) is 0 Å². The fraction of sp³-hybridized carbons (Fsp3) is 0.167. The van der Waals surface area contributed by atoms with Crippen LogP contribution >= 0.6 is 20.7 Å². The third-order valence-corrected chi connectivity index (χ3v) is 3.26. The molecule has 1 nitrogen and oxygen atoms in total. The molecule has 0 spiro atoms. The van der Waals surface area contributed by atoms with E-state index >= 15 is 0 Å². The van der Waals surface area contributed by atoms with E-state index in [1.54, 1.807) is 0 Å². The van der Waals surface area contributed by atoms with Gasteiger partial charge in [0.1, 0.15) is 0 Å². The Labute approximate surface area is 75.7 Å². The van der Waals surface area contributed by atoms with Gasteiger partial charge >= 0.3 is 76.4 Å². The normalized spacial score (nSPS) is 16.8. The van der Waals surface area contributed by atoms with Gasteiger partial charge in [0.25, 0.3) is 0 Å². The minimum absolute atomic E-state index is 0.0451. The first-order chi connectivity index (χ1) is 4.43. The summed E-state index contributed by atoms with van der Waals surface area (Å²) in [6, 6.07) is 0. The van der Waals surface area contributed by atoms with E-state index in [1.807, 2.05) is 0 Å². The monoisotopic (exact) mass is 349 g/mol. The molecule has 1 aliphatic rings. The molecule has 0 aromatic heterocycles. The molecular weight excluding hydrogens is 342 g/mol. The average molecular weight is 349 g/mol. The topological polar surface area (TPSA) is 9.23 Å². The van der Waals surface area contributed by atoms with Gasteiger partial charge in [0, 0.05) is 0 Å². The molecule has 0 N–H and O–H groups in total. The van der Waals surface area contributed by atoms with Crippen LogP contribution in [0.2, 0.25) is 0 Å². The Balaban J connectivity index is 2.51. The van der Waals surface area contributed by atoms with E-state index in [4.69, 9.17) is 3.07 Å². The molecule has 9 heavy (non-hydrogen) atoms. The van der Waals surface area contributed by atoms with E-state index in [9.17, 15) is 0 Å². The van der Waals surface area contributed by atoms with Crippen LogP contribution in [-0.2, 0) is 3.07 Å². The predicted molar refractivity (Wildman–Crippen MR) is 44.3 cm³/mol. The first-order valence-corrected chi connectivity index (χ1v) is 7.95. The second-order valence-electron chi connectivity index (χ2n) is 1.35. The maximum atomic E-state index is 5.35. The molecule has 0 aromatic carbocycles. The van der Waals surface area contributed by atoms with Crippen molar-refractivity contribution >= 4 is 24.7 Å². The number of allylic oxidation sites excluding steroid dienone is 2. The molecule has 0 fully saturated rings. The Morgan fingerprint density at radius 1 is 1.67 bits per heavy atom. The Morgan fingerprint density at radius 3 is 3.11 bits per heavy atom. The van der Waals surface area contributed by atoms with Gasteiger partial charge < -0.3 is 0 Å². The molecule has 0 aliphatic carbocycles. The zero-order valence-corrected chi connectivity index (χ0v) is 9.29. The second kappa shape index (κ2) is 4.43. The molecule has 0 saturated heterocycles. The van der Waals surface area contributed by atoms with E-state index in [0.717, 1.165) is 5.76 Å². The maximum absolute atomic E-state index is 5.35. The van der Waals surface area contributed by atoms with Crippen molar-refractivity contribution in [1.82, 2.24) is 0 Å². The molecule has 0 radical (unpaired) electrons. The number of halogens is 2. The molecular formula is C6H7I2O-. The minimum atomic E-state index is -0.0451. The summed E-state index contributed by atoms with van der Waals surface area (Å²) < 4.78 is 9.79. The number of alkyl halides is 1. The van der Waals surface area contributed by atoms with Gasteiger partial charge in [-0.2, -0.15) is 0 Å². The van der Waals surface area contributed by atoms with Crippen LogP contribution in [0.1, 0.15) is 0 Å². The van der Waals surface area contributed by atoms with Gasteiger partial charge in [-0.1, -0.05) is 0 Å². The summed E-state index contributed by atoms with van der Waals surface area (Å²) in [4.78, 5) is 2.11. The Morgan fingerprint density at radius 2 is 2.56 bits per heavy atom. The van der Waals surface area contributed by atoms with Crippen LogP contribution in [0.3, 0.4) is 0 Å². The molecule has 1 heterocycles. The summed E-state index contributed by atoms with van der Waals surface area (Å²) in [6.45, 7) is 0. The van der Waals surface area contributed by atoms with E-state index in [0.29, 0.717) is 0 Å². The van der Waals surface area contributed by atoms with Gasteiger partial charge in [0.2, 0.25) is 0 Å². The van der Waals surface area contributed by atoms with E-state index in [1.165, 1.54) is 0 Å². The zero-order valence-electron chi connectivity index (χ0n) is 4.97. The van der Waals surface area contributed by atoms with Gasteiger partial charge in [0.05, 0.1) is 0 Å². The molecule has 0 atom stereocenters. The second-order valence-corrected chi connectivity index (χ2v) is 4.82. The van der Waals surface area contributed by atoms with Gasteiger partial charge in [-0.25, -0.2) is 0 Å². The molecule has 0 bridgehead atoms. The fourth-order valence-corrected chi connectivity index (χ4v) is 2.60. The van der Waals surface area contributed by atoms with E-state index in [-0.39, 0.29) is 42.4 Å². The predicted octanol–water partition coefficient (Wildman–Crippen LogP) is -1.18. The van der Waals surface area contributed by atoms with Crippen LogP contribution in [0, 0.1) is 0 Å². The molecule has 0 saturated carbocycles. The molecule has 0 aromatic rings. The van der Waals surface area contributed by atoms with Crippen LogP contribution < -0.4 is 21.6 Å². The van der Waals surface area contributed by atoms with Gasteiger partial charge in [-0.05, 0) is 0 Å². The third-order valence-electron chi connectivity index (χ3n) is 0.766. The summed E-state index contributed by atoms with van der Waals surface area (Å²) in [7, 11) is 0. The molecule has 1 aliphatic heterocycles. The fourth-order valence-electron chi connectivity index (χ4n) is 0.435. The number of hydrogen-bond donors (Lipinski definition) is 0. The molecule has 0 unspecified atom stereocenters. The average Bonchev–Trinajstić information content (AvgIpc) is 1.91. The summed E-state index contributed by atoms with van der Waals surface area (Å²) in [5, 5.41) is 0. The summed E-state index contributed by atoms with van der Waals surface area (Å²) in [6.07, 6.45) is 4.16. The number of rotatable bonds is 2. The van der Waals surface area contributed by atoms with Crippen molar-refractivity contribution in [3.05, 3.63) is 22.0 Å². The van der Waals surface area contributed by atoms with Crippen LogP contribution in [0.5, 0.6) is 0 Å². The Hall–Kier alpha value is 0.610. The van der Waals surface area contributed by atoms with Crippen molar-refractivity contribution in [1.29, 1.82) is 0 Å². The van der Waals surface area contributed by atoms with Crippen LogP contribution in [0.25, 0.3) is 0 Å². The van der Waals surface area contributed by atoms with Crippen LogP contribution in [0.4, 0.5) is 0 Å². The summed E-state index contributed by atoms with van der Waals surface area (Å²) >= 11 is 0.181. The SMILES string of the molecule is C[I-]OC1=CC=IC=C1. The molecule has 1 rings (SSSR count). The van der Waals surface area contributed by atoms with Crippen molar-refractivity contribution in [2.24, 2.45) is 0 Å². The van der Waals surface area contributed by atoms with Crippen LogP contribution in [-0.4, -0.2) is 8.94 Å². The molecule has 52 valence electrons. The summed E-state index contributed by atoms with van der Waals surface area (Å²) in [5.74, 6) is 1.05. The Kier molecular flexibility index (Phi) is 3.80. The first-order valence-electron chi connectivity index (χ1n) is 2.42. The van der Waals surface area contributed by atoms with Crippen molar-refractivity contribution in [2.45, 2.75) is 0 Å². The van der Waals surface area contributed by atoms with Gasteiger partial charge in [-0.3, -0.25) is 0 Å². The van der Waals surface area contributed by atoms with Crippen molar-refractivity contribution in [2.75, 3.05) is 4.93 Å². The first kappa shape index (κ1) is 7.71. The van der Waals surface area contributed by atoms with Crippen molar-refractivity contribution < 1.29 is 24.7 Å². The Bertz CT molecular complexity index is 170. The van der Waals surface area contributed by atoms with Gasteiger partial charge in [0.15, 0.2) is 0 Å².